The van der Waals surface area contributed by atoms with Crippen LogP contribution >= 0.6 is 11.3 Å². The lowest BCUT2D eigenvalue weighted by atomic mass is 10.1. The van der Waals surface area contributed by atoms with Crippen molar-refractivity contribution >= 4 is 22.9 Å². The quantitative estimate of drug-likeness (QED) is 0.536. The Hall–Kier alpha value is -3.07. The van der Waals surface area contributed by atoms with Gasteiger partial charge in [0.15, 0.2) is 0 Å². The second-order valence-electron chi connectivity index (χ2n) is 7.50. The largest absolute Gasteiger partial charge is 0.487 e. The minimum absolute atomic E-state index is 0.122. The summed E-state index contributed by atoms with van der Waals surface area (Å²) in [5, 5.41) is 2.91. The molecule has 0 atom stereocenters. The third-order valence-electron chi connectivity index (χ3n) is 5.24. The Morgan fingerprint density at radius 3 is 2.53 bits per heavy atom. The monoisotopic (exact) mass is 461 g/mol. The van der Waals surface area contributed by atoms with Gasteiger partial charge in [-0.2, -0.15) is 13.2 Å². The highest BCUT2D eigenvalue weighted by atomic mass is 32.1. The summed E-state index contributed by atoms with van der Waals surface area (Å²) < 4.78 is 44.7. The predicted molar refractivity (Wildman–Crippen MR) is 117 cm³/mol. The minimum atomic E-state index is -4.38. The van der Waals surface area contributed by atoms with Crippen LogP contribution in [-0.4, -0.2) is 42.0 Å². The molecule has 1 aliphatic heterocycles. The normalized spacial score (nSPS) is 14.5. The molecule has 32 heavy (non-hydrogen) atoms. The summed E-state index contributed by atoms with van der Waals surface area (Å²) in [6, 6.07) is 12.3. The molecule has 2 aromatic carbocycles. The Kier molecular flexibility index (Phi) is 6.36. The van der Waals surface area contributed by atoms with Crippen molar-refractivity contribution in [1.29, 1.82) is 0 Å². The highest BCUT2D eigenvalue weighted by Gasteiger charge is 2.31. The molecular weight excluding hydrogens is 439 g/mol. The molecule has 0 unspecified atom stereocenters. The molecule has 5 nitrogen and oxygen atoms in total. The van der Waals surface area contributed by atoms with Gasteiger partial charge in [-0.15, -0.1) is 11.3 Å². The number of anilines is 1. The third-order valence-corrected chi connectivity index (χ3v) is 6.06. The van der Waals surface area contributed by atoms with Crippen LogP contribution in [0.15, 0.2) is 53.9 Å². The van der Waals surface area contributed by atoms with E-state index in [2.05, 4.69) is 4.98 Å². The SMILES string of the molecule is Cc1nc(COc2cccc(C(=O)N3CCN(c4cccc(C(F)(F)F)c4)CC3)c2)cs1. The number of amides is 1. The van der Waals surface area contributed by atoms with Gasteiger partial charge in [0.1, 0.15) is 12.4 Å². The smallest absolute Gasteiger partial charge is 0.416 e. The number of ether oxygens (including phenoxy) is 1. The van der Waals surface area contributed by atoms with Gasteiger partial charge < -0.3 is 14.5 Å². The molecule has 9 heteroatoms. The van der Waals surface area contributed by atoms with E-state index < -0.39 is 11.7 Å². The molecule has 4 rings (SSSR count). The lowest BCUT2D eigenvalue weighted by Crippen LogP contribution is -2.48. The van der Waals surface area contributed by atoms with E-state index in [1.807, 2.05) is 17.2 Å². The van der Waals surface area contributed by atoms with Crippen molar-refractivity contribution in [2.24, 2.45) is 0 Å². The van der Waals surface area contributed by atoms with E-state index in [9.17, 15) is 18.0 Å². The van der Waals surface area contributed by atoms with E-state index in [1.165, 1.54) is 6.07 Å². The van der Waals surface area contributed by atoms with Crippen molar-refractivity contribution in [3.63, 3.8) is 0 Å². The molecule has 1 saturated heterocycles. The first-order valence-electron chi connectivity index (χ1n) is 10.1. The van der Waals surface area contributed by atoms with Gasteiger partial charge in [-0.1, -0.05) is 12.1 Å². The number of hydrogen-bond acceptors (Lipinski definition) is 5. The Balaban J connectivity index is 1.36. The van der Waals surface area contributed by atoms with Gasteiger partial charge >= 0.3 is 6.18 Å². The molecule has 3 aromatic rings. The van der Waals surface area contributed by atoms with Crippen molar-refractivity contribution in [2.75, 3.05) is 31.1 Å². The summed E-state index contributed by atoms with van der Waals surface area (Å²) in [5.74, 6) is 0.466. The van der Waals surface area contributed by atoms with E-state index in [4.69, 9.17) is 4.74 Å². The van der Waals surface area contributed by atoms with Crippen LogP contribution in [0.5, 0.6) is 5.75 Å². The fourth-order valence-electron chi connectivity index (χ4n) is 3.58. The van der Waals surface area contributed by atoms with Crippen molar-refractivity contribution in [2.45, 2.75) is 19.7 Å². The van der Waals surface area contributed by atoms with E-state index in [0.29, 0.717) is 49.8 Å². The number of alkyl halides is 3. The first kappa shape index (κ1) is 22.1. The van der Waals surface area contributed by atoms with Gasteiger partial charge in [-0.25, -0.2) is 4.98 Å². The molecule has 0 radical (unpaired) electrons. The second-order valence-corrected chi connectivity index (χ2v) is 8.56. The third kappa shape index (κ3) is 5.21. The summed E-state index contributed by atoms with van der Waals surface area (Å²) >= 11 is 1.56. The zero-order valence-electron chi connectivity index (χ0n) is 17.4. The molecule has 168 valence electrons. The first-order chi connectivity index (χ1) is 15.3. The molecule has 0 N–H and O–H groups in total. The van der Waals surface area contributed by atoms with Crippen molar-refractivity contribution in [3.8, 4) is 5.75 Å². The number of piperazine rings is 1. The van der Waals surface area contributed by atoms with Crippen LogP contribution in [0, 0.1) is 6.92 Å². The van der Waals surface area contributed by atoms with Crippen LogP contribution in [0.2, 0.25) is 0 Å². The number of thiazole rings is 1. The van der Waals surface area contributed by atoms with Gasteiger partial charge in [-0.05, 0) is 43.3 Å². The van der Waals surface area contributed by atoms with Gasteiger partial charge in [0, 0.05) is 42.8 Å². The average molecular weight is 462 g/mol. The molecule has 1 aliphatic rings. The number of carbonyl (C=O) groups excluding carboxylic acids is 1. The molecule has 0 saturated carbocycles. The lowest BCUT2D eigenvalue weighted by molar-refractivity contribution is -0.137. The van der Waals surface area contributed by atoms with Crippen molar-refractivity contribution < 1.29 is 22.7 Å². The Morgan fingerprint density at radius 2 is 1.84 bits per heavy atom. The summed E-state index contributed by atoms with van der Waals surface area (Å²) in [6.07, 6.45) is -4.38. The summed E-state index contributed by atoms with van der Waals surface area (Å²) in [5.41, 5.74) is 1.21. The topological polar surface area (TPSA) is 45.7 Å². The Bertz CT molecular complexity index is 1090. The fourth-order valence-corrected chi connectivity index (χ4v) is 4.18. The van der Waals surface area contributed by atoms with Crippen LogP contribution in [0.25, 0.3) is 0 Å². The predicted octanol–water partition coefficient (Wildman–Crippen LogP) is 5.01. The van der Waals surface area contributed by atoms with Crippen LogP contribution in [-0.2, 0) is 12.8 Å². The number of benzene rings is 2. The van der Waals surface area contributed by atoms with Gasteiger partial charge in [0.25, 0.3) is 5.91 Å². The number of nitrogens with zero attached hydrogens (tertiary/aromatic N) is 3. The van der Waals surface area contributed by atoms with Crippen molar-refractivity contribution in [3.05, 3.63) is 75.7 Å². The zero-order chi connectivity index (χ0) is 22.7. The Morgan fingerprint density at radius 1 is 1.09 bits per heavy atom. The molecule has 0 spiro atoms. The van der Waals surface area contributed by atoms with Gasteiger partial charge in [0.05, 0.1) is 16.3 Å². The maximum absolute atomic E-state index is 13.0. The first-order valence-corrected chi connectivity index (χ1v) is 11.0. The highest BCUT2D eigenvalue weighted by molar-refractivity contribution is 7.09. The van der Waals surface area contributed by atoms with Crippen molar-refractivity contribution in [1.82, 2.24) is 9.88 Å². The average Bonchev–Trinajstić information content (AvgIpc) is 3.22. The van der Waals surface area contributed by atoms with Crippen LogP contribution in [0.3, 0.4) is 0 Å². The molecule has 0 aliphatic carbocycles. The minimum Gasteiger partial charge on any atom is -0.487 e. The molecule has 1 fully saturated rings. The molecular formula is C23H22F3N3O2S. The maximum Gasteiger partial charge on any atom is 0.416 e. The number of rotatable bonds is 5. The summed E-state index contributed by atoms with van der Waals surface area (Å²) in [4.78, 5) is 20.9. The molecule has 1 amide bonds. The van der Waals surface area contributed by atoms with E-state index in [-0.39, 0.29) is 5.91 Å². The fraction of sp³-hybridized carbons (Fsp3) is 0.304. The van der Waals surface area contributed by atoms with Crippen LogP contribution < -0.4 is 9.64 Å². The van der Waals surface area contributed by atoms with Gasteiger partial charge in [-0.3, -0.25) is 4.79 Å². The summed E-state index contributed by atoms with van der Waals surface area (Å²) in [7, 11) is 0. The van der Waals surface area contributed by atoms with E-state index >= 15 is 0 Å². The standard InChI is InChI=1S/C23H22F3N3O2S/c1-16-27-19(15-32-16)14-31-21-7-2-4-17(12-21)22(30)29-10-8-28(9-11-29)20-6-3-5-18(13-20)23(24,25)26/h2-7,12-13,15H,8-11,14H2,1H3. The highest BCUT2D eigenvalue weighted by Crippen LogP contribution is 2.32. The lowest BCUT2D eigenvalue weighted by Gasteiger charge is -2.36. The number of aromatic nitrogens is 1. The number of aryl methyl sites for hydroxylation is 1. The van der Waals surface area contributed by atoms with E-state index in [0.717, 1.165) is 22.8 Å². The zero-order valence-corrected chi connectivity index (χ0v) is 18.2. The van der Waals surface area contributed by atoms with Crippen LogP contribution in [0.4, 0.5) is 18.9 Å². The molecule has 0 bridgehead atoms. The number of hydrogen-bond donors (Lipinski definition) is 0. The van der Waals surface area contributed by atoms with E-state index in [1.54, 1.807) is 46.6 Å². The maximum atomic E-state index is 13.0. The molecule has 2 heterocycles. The number of carbonyl (C=O) groups is 1. The molecule has 1 aromatic heterocycles. The van der Waals surface area contributed by atoms with Gasteiger partial charge in [0.2, 0.25) is 0 Å². The number of halogens is 3. The Labute approximate surface area is 188 Å². The van der Waals surface area contributed by atoms with Crippen LogP contribution in [0.1, 0.15) is 26.6 Å². The summed E-state index contributed by atoms with van der Waals surface area (Å²) in [6.45, 7) is 4.05. The second kappa shape index (κ2) is 9.20.